The molecule has 77 heavy (non-hydrogen) atoms. The molecule has 4 heteroatoms. The van der Waals surface area contributed by atoms with Gasteiger partial charge in [0.1, 0.15) is 34.2 Å². The molecule has 0 amide bonds. The molecule has 2 aliphatic heterocycles. The average Bonchev–Trinajstić information content (AvgIpc) is 4.34. The third kappa shape index (κ3) is 5.87. The van der Waals surface area contributed by atoms with Crippen LogP contribution in [-0.4, -0.2) is 0 Å². The van der Waals surface area contributed by atoms with Gasteiger partial charge in [-0.05, 0) is 135 Å². The minimum Gasteiger partial charge on any atom is -0.457 e. The second-order valence-corrected chi connectivity index (χ2v) is 20.7. The maximum Gasteiger partial charge on any atom is 0.143 e. The van der Waals surface area contributed by atoms with E-state index < -0.39 is 10.8 Å². The lowest BCUT2D eigenvalue weighted by molar-refractivity contribution is 0.436. The van der Waals surface area contributed by atoms with Gasteiger partial charge in [-0.3, -0.25) is 0 Å². The van der Waals surface area contributed by atoms with Crippen LogP contribution < -0.4 is 14.4 Å². The van der Waals surface area contributed by atoms with Gasteiger partial charge in [0.2, 0.25) is 0 Å². The van der Waals surface area contributed by atoms with Crippen molar-refractivity contribution in [3.63, 3.8) is 0 Å². The molecule has 3 heterocycles. The zero-order valence-corrected chi connectivity index (χ0v) is 42.1. The van der Waals surface area contributed by atoms with Gasteiger partial charge in [0.15, 0.2) is 0 Å². The molecule has 12 aromatic rings. The van der Waals surface area contributed by atoms with Gasteiger partial charge in [0, 0.05) is 44.4 Å². The zero-order chi connectivity index (χ0) is 51.0. The number of nitrogens with zero attached hydrogens (tertiary/aromatic N) is 1. The largest absolute Gasteiger partial charge is 0.457 e. The molecular formula is C73H47NO3. The van der Waals surface area contributed by atoms with E-state index in [2.05, 4.69) is 267 Å². The van der Waals surface area contributed by atoms with Gasteiger partial charge in [0.25, 0.3) is 0 Å². The van der Waals surface area contributed by atoms with Crippen molar-refractivity contribution in [1.82, 2.24) is 0 Å². The molecule has 0 bridgehead atoms. The number of para-hydroxylation sites is 2. The molecule has 0 radical (unpaired) electrons. The Balaban J connectivity index is 0.910. The zero-order valence-electron chi connectivity index (χ0n) is 42.1. The van der Waals surface area contributed by atoms with Gasteiger partial charge in [-0.1, -0.05) is 195 Å². The lowest BCUT2D eigenvalue weighted by Gasteiger charge is -2.40. The molecule has 0 saturated heterocycles. The van der Waals surface area contributed by atoms with E-state index in [1.54, 1.807) is 0 Å². The van der Waals surface area contributed by atoms with Gasteiger partial charge in [-0.2, -0.15) is 0 Å². The highest BCUT2D eigenvalue weighted by Crippen LogP contribution is 2.64. The third-order valence-corrected chi connectivity index (χ3v) is 17.0. The predicted molar refractivity (Wildman–Crippen MR) is 313 cm³/mol. The van der Waals surface area contributed by atoms with Crippen molar-refractivity contribution in [3.8, 4) is 45.3 Å². The third-order valence-electron chi connectivity index (χ3n) is 17.0. The van der Waals surface area contributed by atoms with Crippen LogP contribution in [0.5, 0.6) is 23.0 Å². The normalized spacial score (nSPS) is 14.7. The molecule has 4 nitrogen and oxygen atoms in total. The summed E-state index contributed by atoms with van der Waals surface area (Å²) in [5.41, 5.74) is 19.9. The first-order valence-electron chi connectivity index (χ1n) is 26.4. The number of hydrogen-bond donors (Lipinski definition) is 0. The minimum absolute atomic E-state index is 0.589. The van der Waals surface area contributed by atoms with E-state index in [0.717, 1.165) is 106 Å². The summed E-state index contributed by atoms with van der Waals surface area (Å²) in [4.78, 5) is 2.39. The monoisotopic (exact) mass is 985 g/mol. The Hall–Kier alpha value is -9.90. The first kappa shape index (κ1) is 43.5. The Morgan fingerprint density at radius 1 is 0.429 bits per heavy atom. The van der Waals surface area contributed by atoms with Crippen molar-refractivity contribution in [2.45, 2.75) is 17.8 Å². The number of fused-ring (bicyclic) bond motifs is 23. The number of benzene rings is 11. The van der Waals surface area contributed by atoms with Gasteiger partial charge < -0.3 is 18.8 Å². The number of allylic oxidation sites excluding steroid dienone is 5. The molecular weight excluding hydrogens is 939 g/mol. The molecule has 0 N–H and O–H groups in total. The Bertz CT molecular complexity index is 4500. The van der Waals surface area contributed by atoms with Crippen molar-refractivity contribution >= 4 is 49.7 Å². The fraction of sp³-hybridized carbons (Fsp3) is 0.0411. The summed E-state index contributed by atoms with van der Waals surface area (Å²) in [6.45, 7) is 6.66. The van der Waals surface area contributed by atoms with Crippen LogP contribution in [0, 0.1) is 0 Å². The molecule has 1 aromatic heterocycles. The average molecular weight is 986 g/mol. The van der Waals surface area contributed by atoms with E-state index in [4.69, 9.17) is 13.9 Å². The maximum absolute atomic E-state index is 6.95. The van der Waals surface area contributed by atoms with E-state index in [0.29, 0.717) is 0 Å². The summed E-state index contributed by atoms with van der Waals surface area (Å²) < 4.78 is 20.7. The Morgan fingerprint density at radius 3 is 1.53 bits per heavy atom. The lowest BCUT2D eigenvalue weighted by Crippen LogP contribution is -2.32. The highest BCUT2D eigenvalue weighted by atomic mass is 16.5. The summed E-state index contributed by atoms with van der Waals surface area (Å²) in [7, 11) is 0. The van der Waals surface area contributed by atoms with Crippen LogP contribution in [-0.2, 0) is 10.8 Å². The highest BCUT2D eigenvalue weighted by Gasteiger charge is 2.52. The summed E-state index contributed by atoms with van der Waals surface area (Å²) in [6, 6.07) is 85.3. The number of furan rings is 1. The van der Waals surface area contributed by atoms with Crippen molar-refractivity contribution < 1.29 is 13.9 Å². The van der Waals surface area contributed by atoms with Crippen LogP contribution in [0.25, 0.3) is 60.5 Å². The second kappa shape index (κ2) is 16.3. The first-order valence-corrected chi connectivity index (χ1v) is 26.4. The SMILES string of the molecule is C=C/C(=C\C=C(/C)N(c1ccc2c(c1)C1(c3ccccc3O2)c2ccccc2-c2ccccc21)c1cccc2oc3c4ccccc4ccc3c12)c1ccc2c(c1)C1(c3ccccc3O2)c2ccccc2-c2ccccc21. The van der Waals surface area contributed by atoms with Crippen LogP contribution in [0.15, 0.2) is 272 Å². The van der Waals surface area contributed by atoms with Gasteiger partial charge in [-0.15, -0.1) is 0 Å². The Labute approximate surface area is 446 Å². The van der Waals surface area contributed by atoms with Crippen LogP contribution in [0.1, 0.15) is 57.0 Å². The van der Waals surface area contributed by atoms with Gasteiger partial charge >= 0.3 is 0 Å². The first-order chi connectivity index (χ1) is 38.0. The molecule has 11 aromatic carbocycles. The van der Waals surface area contributed by atoms with Crippen molar-refractivity contribution in [1.29, 1.82) is 0 Å². The van der Waals surface area contributed by atoms with Crippen molar-refractivity contribution in [3.05, 3.63) is 317 Å². The maximum atomic E-state index is 6.95. The van der Waals surface area contributed by atoms with Crippen molar-refractivity contribution in [2.75, 3.05) is 4.90 Å². The second-order valence-electron chi connectivity index (χ2n) is 20.7. The van der Waals surface area contributed by atoms with E-state index in [1.165, 1.54) is 44.5 Å². The number of hydrogen-bond acceptors (Lipinski definition) is 4. The van der Waals surface area contributed by atoms with Crippen LogP contribution in [0.2, 0.25) is 0 Å². The summed E-state index contributed by atoms with van der Waals surface area (Å²) in [6.07, 6.45) is 6.41. The molecule has 2 aliphatic carbocycles. The predicted octanol–water partition coefficient (Wildman–Crippen LogP) is 19.0. The molecule has 4 aliphatic rings. The molecule has 0 atom stereocenters. The van der Waals surface area contributed by atoms with E-state index in [-0.39, 0.29) is 0 Å². The van der Waals surface area contributed by atoms with Gasteiger partial charge in [0.05, 0.1) is 21.9 Å². The van der Waals surface area contributed by atoms with E-state index in [9.17, 15) is 0 Å². The fourth-order valence-electron chi connectivity index (χ4n) is 13.8. The molecule has 362 valence electrons. The molecule has 2 spiro atoms. The van der Waals surface area contributed by atoms with Crippen LogP contribution in [0.4, 0.5) is 11.4 Å². The summed E-state index contributed by atoms with van der Waals surface area (Å²) in [5.74, 6) is 3.41. The molecule has 16 rings (SSSR count). The number of ether oxygens (including phenoxy) is 2. The summed E-state index contributed by atoms with van der Waals surface area (Å²) >= 11 is 0. The van der Waals surface area contributed by atoms with E-state index in [1.807, 2.05) is 6.08 Å². The Morgan fingerprint density at radius 2 is 0.935 bits per heavy atom. The highest BCUT2D eigenvalue weighted by molar-refractivity contribution is 6.19. The smallest absolute Gasteiger partial charge is 0.143 e. The lowest BCUT2D eigenvalue weighted by atomic mass is 9.66. The standard InChI is InChI=1S/C73H47NO3/c1-3-46(48-38-41-67-62(43-48)72(60-29-14-16-32-65(60)75-67)56-25-10-6-21-51(56)52-22-7-11-26-57(52)72)36-35-45(2)74(64-31-18-34-69-70(64)55-40-37-47-19-4-5-20-50(47)71(55)77-69)49-39-42-68-63(44-49)73(61-30-15-17-33-66(61)76-68)58-27-12-8-23-53(58)54-24-9-13-28-59(54)73/h3-44H,1H2,2H3/b45-35+,46-36+. The van der Waals surface area contributed by atoms with Crippen LogP contribution in [0.3, 0.4) is 0 Å². The van der Waals surface area contributed by atoms with E-state index >= 15 is 0 Å². The molecule has 0 saturated carbocycles. The fourth-order valence-corrected chi connectivity index (χ4v) is 13.8. The Kier molecular flexibility index (Phi) is 9.21. The number of rotatable bonds is 6. The minimum atomic E-state index is -0.645. The summed E-state index contributed by atoms with van der Waals surface area (Å²) in [5, 5.41) is 4.32. The topological polar surface area (TPSA) is 34.8 Å². The molecule has 0 unspecified atom stereocenters. The van der Waals surface area contributed by atoms with Crippen LogP contribution >= 0.6 is 0 Å². The number of anilines is 2. The van der Waals surface area contributed by atoms with Crippen molar-refractivity contribution in [2.24, 2.45) is 0 Å². The quantitative estimate of drug-likeness (QED) is 0.156. The molecule has 0 fully saturated rings. The van der Waals surface area contributed by atoms with Gasteiger partial charge in [-0.25, -0.2) is 0 Å².